The van der Waals surface area contributed by atoms with Crippen LogP contribution in [-0.4, -0.2) is 30.1 Å². The molecule has 0 aromatic heterocycles. The Morgan fingerprint density at radius 1 is 1.45 bits per heavy atom. The number of rotatable bonds is 4. The monoisotopic (exact) mass is 501 g/mol. The van der Waals surface area contributed by atoms with Gasteiger partial charge in [-0.05, 0) is 59.1 Å². The Bertz CT molecular complexity index is 522. The summed E-state index contributed by atoms with van der Waals surface area (Å²) in [6, 6.07) is 5.14. The maximum atomic E-state index is 13.5. The van der Waals surface area contributed by atoms with E-state index in [0.717, 1.165) is 18.1 Å². The zero-order valence-electron chi connectivity index (χ0n) is 12.8. The van der Waals surface area contributed by atoms with Crippen molar-refractivity contribution >= 4 is 57.6 Å². The van der Waals surface area contributed by atoms with Crippen molar-refractivity contribution in [3.05, 3.63) is 34.1 Å². The van der Waals surface area contributed by atoms with Gasteiger partial charge in [-0.25, -0.2) is 4.39 Å². The third-order valence-electron chi connectivity index (χ3n) is 3.60. The Hall–Kier alpha value is -0.0200. The van der Waals surface area contributed by atoms with Crippen LogP contribution in [-0.2, 0) is 6.54 Å². The van der Waals surface area contributed by atoms with E-state index in [9.17, 15) is 4.39 Å². The van der Waals surface area contributed by atoms with Crippen LogP contribution in [0.3, 0.4) is 0 Å². The number of nitrogens with one attached hydrogen (secondary N) is 2. The van der Waals surface area contributed by atoms with Gasteiger partial charge < -0.3 is 10.6 Å². The van der Waals surface area contributed by atoms with Gasteiger partial charge in [0, 0.05) is 24.9 Å². The number of hydrogen-bond acceptors (Lipinski definition) is 2. The van der Waals surface area contributed by atoms with Gasteiger partial charge in [-0.2, -0.15) is 11.8 Å². The van der Waals surface area contributed by atoms with Crippen molar-refractivity contribution in [2.75, 3.05) is 19.3 Å². The molecule has 3 nitrogen and oxygen atoms in total. The molecule has 2 N–H and O–H groups in total. The lowest BCUT2D eigenvalue weighted by Crippen LogP contribution is -2.43. The third-order valence-corrected chi connectivity index (χ3v) is 5.78. The van der Waals surface area contributed by atoms with Gasteiger partial charge in [-0.3, -0.25) is 4.99 Å². The van der Waals surface area contributed by atoms with Crippen molar-refractivity contribution in [3.63, 3.8) is 0 Å². The van der Waals surface area contributed by atoms with Crippen molar-refractivity contribution in [3.8, 4) is 0 Å². The van der Waals surface area contributed by atoms with Gasteiger partial charge in [0.2, 0.25) is 0 Å². The molecule has 1 aromatic carbocycles. The normalized spacial score (nSPS) is 21.4. The van der Waals surface area contributed by atoms with E-state index < -0.39 is 0 Å². The Morgan fingerprint density at radius 2 is 2.23 bits per heavy atom. The highest BCUT2D eigenvalue weighted by Gasteiger charge is 2.29. The van der Waals surface area contributed by atoms with Crippen LogP contribution in [0, 0.1) is 5.82 Å². The Balaban J connectivity index is 0.00000242. The first-order chi connectivity index (χ1) is 10.0. The molecule has 1 atom stereocenters. The summed E-state index contributed by atoms with van der Waals surface area (Å²) in [7, 11) is 1.75. The van der Waals surface area contributed by atoms with Gasteiger partial charge in [0.05, 0.1) is 4.47 Å². The van der Waals surface area contributed by atoms with Gasteiger partial charge >= 0.3 is 0 Å². The summed E-state index contributed by atoms with van der Waals surface area (Å²) >= 11 is 5.17. The first kappa shape index (κ1) is 20.0. The molecule has 0 radical (unpaired) electrons. The molecule has 1 aliphatic rings. The fraction of sp³-hybridized carbons (Fsp3) is 0.533. The summed E-state index contributed by atoms with van der Waals surface area (Å²) in [4.78, 5) is 4.22. The number of hydrogen-bond donors (Lipinski definition) is 2. The Morgan fingerprint density at radius 3 is 2.82 bits per heavy atom. The predicted octanol–water partition coefficient (Wildman–Crippen LogP) is 4.16. The van der Waals surface area contributed by atoms with E-state index in [1.165, 1.54) is 24.7 Å². The highest BCUT2D eigenvalue weighted by atomic mass is 127. The SMILES string of the molecule is CN=C(NCc1ccc(Br)c(F)c1)NCC1(C)CCCS1.I. The molecule has 1 unspecified atom stereocenters. The topological polar surface area (TPSA) is 36.4 Å². The molecule has 7 heteroatoms. The first-order valence-corrected chi connectivity index (χ1v) is 8.83. The van der Waals surface area contributed by atoms with Crippen LogP contribution in [0.5, 0.6) is 0 Å². The minimum atomic E-state index is -0.243. The molecule has 0 saturated carbocycles. The smallest absolute Gasteiger partial charge is 0.191 e. The molecule has 0 amide bonds. The van der Waals surface area contributed by atoms with E-state index >= 15 is 0 Å². The van der Waals surface area contributed by atoms with Crippen molar-refractivity contribution in [2.24, 2.45) is 4.99 Å². The second-order valence-electron chi connectivity index (χ2n) is 5.43. The predicted molar refractivity (Wildman–Crippen MR) is 108 cm³/mol. The van der Waals surface area contributed by atoms with E-state index in [1.807, 2.05) is 17.8 Å². The van der Waals surface area contributed by atoms with E-state index in [-0.39, 0.29) is 29.8 Å². The zero-order valence-corrected chi connectivity index (χ0v) is 17.5. The summed E-state index contributed by atoms with van der Waals surface area (Å²) in [6.07, 6.45) is 2.52. The van der Waals surface area contributed by atoms with E-state index in [0.29, 0.717) is 15.8 Å². The number of aliphatic imine (C=N–C) groups is 1. The fourth-order valence-corrected chi connectivity index (χ4v) is 3.79. The molecule has 1 saturated heterocycles. The Labute approximate surface area is 161 Å². The molecule has 0 aliphatic carbocycles. The number of halogens is 3. The van der Waals surface area contributed by atoms with Crippen molar-refractivity contribution < 1.29 is 4.39 Å². The van der Waals surface area contributed by atoms with Gasteiger partial charge in [0.1, 0.15) is 5.82 Å². The maximum absolute atomic E-state index is 13.5. The molecule has 2 rings (SSSR count). The highest BCUT2D eigenvalue weighted by Crippen LogP contribution is 2.36. The molecule has 1 aromatic rings. The quantitative estimate of drug-likeness (QED) is 0.369. The summed E-state index contributed by atoms with van der Waals surface area (Å²) in [5.41, 5.74) is 0.889. The minimum Gasteiger partial charge on any atom is -0.355 e. The standard InChI is InChI=1S/C15H21BrFN3S.HI/c1-15(6-3-7-21-15)10-20-14(18-2)19-9-11-4-5-12(16)13(17)8-11;/h4-5,8H,3,6-7,9-10H2,1-2H3,(H2,18,19,20);1H. The lowest BCUT2D eigenvalue weighted by Gasteiger charge is -2.24. The second-order valence-corrected chi connectivity index (χ2v) is 7.97. The van der Waals surface area contributed by atoms with Gasteiger partial charge in [-0.1, -0.05) is 6.07 Å². The van der Waals surface area contributed by atoms with Crippen LogP contribution in [0.25, 0.3) is 0 Å². The largest absolute Gasteiger partial charge is 0.355 e. The van der Waals surface area contributed by atoms with Crippen LogP contribution < -0.4 is 10.6 Å². The van der Waals surface area contributed by atoms with Gasteiger partial charge in [0.25, 0.3) is 0 Å². The summed E-state index contributed by atoms with van der Waals surface area (Å²) < 4.78 is 14.2. The molecule has 1 heterocycles. The highest BCUT2D eigenvalue weighted by molar-refractivity contribution is 14.0. The van der Waals surface area contributed by atoms with Crippen molar-refractivity contribution in [1.82, 2.24) is 10.6 Å². The fourth-order valence-electron chi connectivity index (χ4n) is 2.30. The zero-order chi connectivity index (χ0) is 15.3. The van der Waals surface area contributed by atoms with Crippen LogP contribution in [0.1, 0.15) is 25.3 Å². The minimum absolute atomic E-state index is 0. The first-order valence-electron chi connectivity index (χ1n) is 7.05. The van der Waals surface area contributed by atoms with Crippen LogP contribution in [0.15, 0.2) is 27.7 Å². The average Bonchev–Trinajstić information content (AvgIpc) is 2.90. The summed E-state index contributed by atoms with van der Waals surface area (Å²) in [5, 5.41) is 6.58. The Kier molecular flexibility index (Phi) is 8.48. The lowest BCUT2D eigenvalue weighted by molar-refractivity contribution is 0.584. The molecule has 1 fully saturated rings. The summed E-state index contributed by atoms with van der Waals surface area (Å²) in [6.45, 7) is 3.73. The lowest BCUT2D eigenvalue weighted by atomic mass is 10.1. The van der Waals surface area contributed by atoms with E-state index in [1.54, 1.807) is 13.1 Å². The van der Waals surface area contributed by atoms with Crippen LogP contribution in [0.4, 0.5) is 4.39 Å². The molecular weight excluding hydrogens is 480 g/mol. The number of nitrogens with zero attached hydrogens (tertiary/aromatic N) is 1. The van der Waals surface area contributed by atoms with Crippen molar-refractivity contribution in [2.45, 2.75) is 31.1 Å². The van der Waals surface area contributed by atoms with Crippen LogP contribution >= 0.6 is 51.7 Å². The van der Waals surface area contributed by atoms with Gasteiger partial charge in [-0.15, -0.1) is 24.0 Å². The van der Waals surface area contributed by atoms with E-state index in [4.69, 9.17) is 0 Å². The van der Waals surface area contributed by atoms with Gasteiger partial charge in [0.15, 0.2) is 5.96 Å². The summed E-state index contributed by atoms with van der Waals surface area (Å²) in [5.74, 6) is 1.75. The van der Waals surface area contributed by atoms with Crippen LogP contribution in [0.2, 0.25) is 0 Å². The average molecular weight is 502 g/mol. The number of guanidine groups is 1. The molecule has 0 bridgehead atoms. The molecule has 1 aliphatic heterocycles. The molecule has 22 heavy (non-hydrogen) atoms. The number of thioether (sulfide) groups is 1. The molecule has 124 valence electrons. The second kappa shape index (κ2) is 9.32. The maximum Gasteiger partial charge on any atom is 0.191 e. The van der Waals surface area contributed by atoms with E-state index in [2.05, 4.69) is 38.5 Å². The molecule has 0 spiro atoms. The number of benzene rings is 1. The molecular formula is C15H22BrFIN3S. The van der Waals surface area contributed by atoms with Crippen molar-refractivity contribution in [1.29, 1.82) is 0 Å². The third kappa shape index (κ3) is 5.88.